The highest BCUT2D eigenvalue weighted by molar-refractivity contribution is 5.76. The van der Waals surface area contributed by atoms with Crippen molar-refractivity contribution in [1.82, 2.24) is 5.32 Å². The zero-order valence-electron chi connectivity index (χ0n) is 58.1. The summed E-state index contributed by atoms with van der Waals surface area (Å²) in [6.07, 6.45) is 94.4. The fourth-order valence-corrected chi connectivity index (χ4v) is 12.8. The van der Waals surface area contributed by atoms with Crippen molar-refractivity contribution in [2.45, 2.75) is 469 Å². The van der Waals surface area contributed by atoms with E-state index in [-0.39, 0.29) is 18.5 Å². The minimum atomic E-state index is -0.664. The lowest BCUT2D eigenvalue weighted by Gasteiger charge is -2.22. The van der Waals surface area contributed by atoms with E-state index in [0.29, 0.717) is 25.9 Å². The average Bonchev–Trinajstić information content (AvgIpc) is 3.53. The SMILES string of the molecule is CCCCCCCCCCCCCCCCCCCCCCCCCCCC(O)C(CO)NC(=O)CCCCCCCCCCCCCCCC/C=C\CCCCCCCCCCCCCCOC(=O)CCCCCCCCCCCCCCC. The van der Waals surface area contributed by atoms with Crippen LogP contribution in [0, 0.1) is 0 Å². The van der Waals surface area contributed by atoms with E-state index in [1.54, 1.807) is 0 Å². The molecule has 0 saturated carbocycles. The molecule has 2 unspecified atom stereocenters. The van der Waals surface area contributed by atoms with E-state index < -0.39 is 12.1 Å². The number of unbranched alkanes of at least 4 members (excludes halogenated alkanes) is 62. The van der Waals surface area contributed by atoms with Crippen LogP contribution in [0.3, 0.4) is 0 Å². The van der Waals surface area contributed by atoms with Gasteiger partial charge in [-0.2, -0.15) is 0 Å². The molecule has 6 heteroatoms. The van der Waals surface area contributed by atoms with Gasteiger partial charge in [-0.1, -0.05) is 405 Å². The summed E-state index contributed by atoms with van der Waals surface area (Å²) in [5, 5.41) is 23.5. The number of amides is 1. The lowest BCUT2D eigenvalue weighted by Crippen LogP contribution is -2.45. The van der Waals surface area contributed by atoms with E-state index in [1.165, 1.54) is 385 Å². The van der Waals surface area contributed by atoms with Crippen molar-refractivity contribution in [3.63, 3.8) is 0 Å². The smallest absolute Gasteiger partial charge is 0.305 e. The molecule has 506 valence electrons. The first-order chi connectivity index (χ1) is 42.0. The van der Waals surface area contributed by atoms with Gasteiger partial charge in [0.25, 0.3) is 0 Å². The first kappa shape index (κ1) is 83.6. The van der Waals surface area contributed by atoms with E-state index in [9.17, 15) is 19.8 Å². The molecule has 85 heavy (non-hydrogen) atoms. The third-order valence-corrected chi connectivity index (χ3v) is 18.8. The predicted molar refractivity (Wildman–Crippen MR) is 375 cm³/mol. The molecule has 0 aliphatic carbocycles. The maximum Gasteiger partial charge on any atom is 0.305 e. The lowest BCUT2D eigenvalue weighted by molar-refractivity contribution is -0.143. The monoisotopic (exact) mass is 1200 g/mol. The van der Waals surface area contributed by atoms with Gasteiger partial charge < -0.3 is 20.3 Å². The summed E-state index contributed by atoms with van der Waals surface area (Å²) in [4.78, 5) is 24.6. The van der Waals surface area contributed by atoms with Crippen LogP contribution in [0.15, 0.2) is 12.2 Å². The van der Waals surface area contributed by atoms with Crippen molar-refractivity contribution in [3.05, 3.63) is 12.2 Å². The largest absolute Gasteiger partial charge is 0.466 e. The summed E-state index contributed by atoms with van der Waals surface area (Å²) < 4.78 is 5.49. The van der Waals surface area contributed by atoms with Crippen molar-refractivity contribution in [2.75, 3.05) is 13.2 Å². The fraction of sp³-hybridized carbons (Fsp3) is 0.949. The molecule has 0 aliphatic rings. The molecule has 0 aliphatic heterocycles. The quantitative estimate of drug-likeness (QED) is 0.0320. The fourth-order valence-electron chi connectivity index (χ4n) is 12.8. The number of carbonyl (C=O) groups is 2. The molecule has 0 aromatic rings. The highest BCUT2D eigenvalue weighted by atomic mass is 16.5. The van der Waals surface area contributed by atoms with Crippen LogP contribution < -0.4 is 5.32 Å². The molecule has 0 radical (unpaired) electrons. The molecule has 0 bridgehead atoms. The Morgan fingerprint density at radius 2 is 0.553 bits per heavy atom. The Kier molecular flexibility index (Phi) is 73.8. The van der Waals surface area contributed by atoms with Gasteiger partial charge in [-0.3, -0.25) is 9.59 Å². The van der Waals surface area contributed by atoms with Crippen LogP contribution in [-0.4, -0.2) is 47.4 Å². The Bertz CT molecular complexity index is 1290. The summed E-state index contributed by atoms with van der Waals surface area (Å²) >= 11 is 0. The van der Waals surface area contributed by atoms with Crippen LogP contribution in [0.2, 0.25) is 0 Å². The highest BCUT2D eigenvalue weighted by Crippen LogP contribution is 2.20. The third kappa shape index (κ3) is 71.6. The topological polar surface area (TPSA) is 95.9 Å². The molecule has 0 spiro atoms. The summed E-state index contributed by atoms with van der Waals surface area (Å²) in [5.41, 5.74) is 0. The van der Waals surface area contributed by atoms with Gasteiger partial charge in [-0.25, -0.2) is 0 Å². The second-order valence-corrected chi connectivity index (χ2v) is 27.4. The van der Waals surface area contributed by atoms with Crippen molar-refractivity contribution >= 4 is 11.9 Å². The summed E-state index contributed by atoms with van der Waals surface area (Å²) in [6.45, 7) is 5.01. The first-order valence-corrected chi connectivity index (χ1v) is 39.4. The van der Waals surface area contributed by atoms with Gasteiger partial charge >= 0.3 is 5.97 Å². The number of carbonyl (C=O) groups excluding carboxylic acids is 2. The van der Waals surface area contributed by atoms with Gasteiger partial charge in [0.2, 0.25) is 5.91 Å². The zero-order valence-corrected chi connectivity index (χ0v) is 58.1. The first-order valence-electron chi connectivity index (χ1n) is 39.4. The van der Waals surface area contributed by atoms with Gasteiger partial charge in [0.15, 0.2) is 0 Å². The lowest BCUT2D eigenvalue weighted by atomic mass is 10.0. The van der Waals surface area contributed by atoms with Crippen LogP contribution in [0.1, 0.15) is 457 Å². The van der Waals surface area contributed by atoms with E-state index >= 15 is 0 Å². The number of esters is 1. The van der Waals surface area contributed by atoms with Crippen molar-refractivity contribution < 1.29 is 24.5 Å². The molecule has 0 aromatic heterocycles. The molecule has 0 rings (SSSR count). The van der Waals surface area contributed by atoms with Crippen LogP contribution in [-0.2, 0) is 14.3 Å². The van der Waals surface area contributed by atoms with Crippen LogP contribution >= 0.6 is 0 Å². The normalized spacial score (nSPS) is 12.5. The number of hydrogen-bond donors (Lipinski definition) is 3. The number of ether oxygens (including phenoxy) is 1. The highest BCUT2D eigenvalue weighted by Gasteiger charge is 2.20. The van der Waals surface area contributed by atoms with Crippen molar-refractivity contribution in [1.29, 1.82) is 0 Å². The Morgan fingerprint density at radius 3 is 0.835 bits per heavy atom. The second kappa shape index (κ2) is 75.1. The van der Waals surface area contributed by atoms with Gasteiger partial charge in [0.1, 0.15) is 0 Å². The van der Waals surface area contributed by atoms with Crippen LogP contribution in [0.5, 0.6) is 0 Å². The van der Waals surface area contributed by atoms with Gasteiger partial charge in [-0.15, -0.1) is 0 Å². The van der Waals surface area contributed by atoms with Crippen molar-refractivity contribution in [3.8, 4) is 0 Å². The maximum atomic E-state index is 12.6. The number of rotatable bonds is 75. The molecular formula is C79H155NO5. The molecule has 6 nitrogen and oxygen atoms in total. The summed E-state index contributed by atoms with van der Waals surface area (Å²) in [7, 11) is 0. The number of allylic oxidation sites excluding steroid dienone is 2. The number of aliphatic hydroxyl groups excluding tert-OH is 2. The van der Waals surface area contributed by atoms with E-state index in [0.717, 1.165) is 38.5 Å². The standard InChI is InChI=1S/C79H155NO5/c1-3-5-7-9-11-13-15-17-18-19-20-21-22-29-32-35-38-41-44-48-51-55-59-63-67-71-77(82)76(75-81)80-78(83)72-68-64-60-56-52-49-45-42-39-36-33-30-27-25-23-24-26-28-31-34-37-40-43-46-50-54-58-62-66-70-74-85-79(84)73-69-65-61-57-53-47-16-14-12-10-8-6-4-2/h24,26,76-77,81-82H,3-23,25,27-75H2,1-2H3,(H,80,83)/b26-24-. The predicted octanol–water partition coefficient (Wildman–Crippen LogP) is 25.9. The Balaban J connectivity index is 3.36. The Morgan fingerprint density at radius 1 is 0.318 bits per heavy atom. The third-order valence-electron chi connectivity index (χ3n) is 18.8. The molecule has 2 atom stereocenters. The number of nitrogens with one attached hydrogen (secondary N) is 1. The second-order valence-electron chi connectivity index (χ2n) is 27.4. The van der Waals surface area contributed by atoms with E-state index in [1.807, 2.05) is 0 Å². The number of hydrogen-bond acceptors (Lipinski definition) is 5. The van der Waals surface area contributed by atoms with Crippen molar-refractivity contribution in [2.24, 2.45) is 0 Å². The molecule has 0 heterocycles. The summed E-state index contributed by atoms with van der Waals surface area (Å²) in [6, 6.07) is -0.541. The van der Waals surface area contributed by atoms with Gasteiger partial charge in [0.05, 0.1) is 25.4 Å². The van der Waals surface area contributed by atoms with E-state index in [2.05, 4.69) is 31.3 Å². The molecule has 0 fully saturated rings. The van der Waals surface area contributed by atoms with Gasteiger partial charge in [-0.05, 0) is 51.4 Å². The maximum absolute atomic E-state index is 12.6. The average molecular weight is 1200 g/mol. The van der Waals surface area contributed by atoms with Crippen LogP contribution in [0.25, 0.3) is 0 Å². The minimum Gasteiger partial charge on any atom is -0.466 e. The van der Waals surface area contributed by atoms with Crippen LogP contribution in [0.4, 0.5) is 0 Å². The Hall–Kier alpha value is -1.40. The molecule has 3 N–H and O–H groups in total. The molecule has 0 aromatic carbocycles. The summed E-state index contributed by atoms with van der Waals surface area (Å²) in [5.74, 6) is -0.00727. The van der Waals surface area contributed by atoms with E-state index in [4.69, 9.17) is 4.74 Å². The molecule has 1 amide bonds. The molecule has 0 saturated heterocycles. The Labute approximate surface area is 533 Å². The zero-order chi connectivity index (χ0) is 61.3. The van der Waals surface area contributed by atoms with Gasteiger partial charge in [0, 0.05) is 12.8 Å². The number of aliphatic hydroxyl groups is 2. The molecular weight excluding hydrogens is 1040 g/mol. The minimum absolute atomic E-state index is 0.0200.